The largest absolute Gasteiger partial charge is 0.469 e. The predicted molar refractivity (Wildman–Crippen MR) is 75.8 cm³/mol. The van der Waals surface area contributed by atoms with E-state index in [0.29, 0.717) is 18.3 Å². The lowest BCUT2D eigenvalue weighted by Crippen LogP contribution is -2.49. The lowest BCUT2D eigenvalue weighted by atomic mass is 9.72. The van der Waals surface area contributed by atoms with Crippen LogP contribution in [0.1, 0.15) is 43.3 Å². The fraction of sp³-hybridized carbons (Fsp3) is 0.733. The minimum absolute atomic E-state index is 0.0580. The highest BCUT2D eigenvalue weighted by Crippen LogP contribution is 2.38. The van der Waals surface area contributed by atoms with Crippen LogP contribution in [0.2, 0.25) is 0 Å². The van der Waals surface area contributed by atoms with Gasteiger partial charge in [0, 0.05) is 13.1 Å². The topological polar surface area (TPSA) is 85.5 Å². The Morgan fingerprint density at radius 3 is 2.64 bits per heavy atom. The summed E-state index contributed by atoms with van der Waals surface area (Å²) in [7, 11) is 1.37. The van der Waals surface area contributed by atoms with Crippen LogP contribution < -0.4 is 0 Å². The number of hydrogen-bond donors (Lipinski definition) is 0. The molecule has 1 saturated heterocycles. The Morgan fingerprint density at radius 1 is 1.27 bits per heavy atom. The predicted octanol–water partition coefficient (Wildman–Crippen LogP) is 1.28. The highest BCUT2D eigenvalue weighted by Gasteiger charge is 2.44. The van der Waals surface area contributed by atoms with Crippen LogP contribution in [0.5, 0.6) is 0 Å². The fourth-order valence-electron chi connectivity index (χ4n) is 3.32. The quantitative estimate of drug-likeness (QED) is 0.782. The van der Waals surface area contributed by atoms with Crippen molar-refractivity contribution in [3.8, 4) is 0 Å². The molecule has 1 aliphatic heterocycles. The third-order valence-corrected chi connectivity index (χ3v) is 4.72. The van der Waals surface area contributed by atoms with Gasteiger partial charge < -0.3 is 14.2 Å². The van der Waals surface area contributed by atoms with E-state index in [-0.39, 0.29) is 29.6 Å². The molecule has 7 heteroatoms. The Kier molecular flexibility index (Phi) is 4.13. The van der Waals surface area contributed by atoms with Gasteiger partial charge in [0.2, 0.25) is 11.8 Å². The molecular formula is C15H21N3O4. The molecule has 7 nitrogen and oxygen atoms in total. The number of rotatable bonds is 3. The molecule has 0 N–H and O–H groups in total. The number of carbonyl (C=O) groups is 2. The maximum atomic E-state index is 12.6. The van der Waals surface area contributed by atoms with Gasteiger partial charge >= 0.3 is 5.97 Å². The molecule has 22 heavy (non-hydrogen) atoms. The van der Waals surface area contributed by atoms with Crippen LogP contribution in [-0.4, -0.2) is 47.1 Å². The van der Waals surface area contributed by atoms with Gasteiger partial charge in [-0.05, 0) is 32.6 Å². The van der Waals surface area contributed by atoms with Crippen molar-refractivity contribution in [3.63, 3.8) is 0 Å². The van der Waals surface area contributed by atoms with Gasteiger partial charge in [-0.3, -0.25) is 9.59 Å². The molecule has 1 aromatic rings. The van der Waals surface area contributed by atoms with E-state index in [9.17, 15) is 9.59 Å². The van der Waals surface area contributed by atoms with Gasteiger partial charge in [-0.1, -0.05) is 5.16 Å². The number of aromatic nitrogens is 2. The average Bonchev–Trinajstić information content (AvgIpc) is 2.92. The Morgan fingerprint density at radius 2 is 2.05 bits per heavy atom. The van der Waals surface area contributed by atoms with Gasteiger partial charge in [-0.25, -0.2) is 0 Å². The molecule has 0 bridgehead atoms. The summed E-state index contributed by atoms with van der Waals surface area (Å²) in [5.74, 6) is 0.597. The van der Waals surface area contributed by atoms with Gasteiger partial charge in [0.05, 0.1) is 24.9 Å². The number of aryl methyl sites for hydroxylation is 1. The standard InChI is InChI=1S/C15H21N3O4/c1-9-16-13(22-17-9)10-4-3-7-18(8-10)14(19)11-5-6-12(11)15(20)21-2/h10-12H,3-8H2,1-2H3/t10-,11-,12-/m1/s1. The molecule has 0 aromatic carbocycles. The SMILES string of the molecule is COC(=O)[C@@H]1CC[C@H]1C(=O)N1CCC[C@@H](c2nc(C)no2)C1. The summed E-state index contributed by atoms with van der Waals surface area (Å²) < 4.78 is 10.0. The maximum Gasteiger partial charge on any atom is 0.309 e. The zero-order chi connectivity index (χ0) is 15.7. The molecule has 0 spiro atoms. The smallest absolute Gasteiger partial charge is 0.309 e. The third-order valence-electron chi connectivity index (χ3n) is 4.72. The van der Waals surface area contributed by atoms with Crippen molar-refractivity contribution in [1.82, 2.24) is 15.0 Å². The number of carbonyl (C=O) groups excluding carboxylic acids is 2. The van der Waals surface area contributed by atoms with E-state index in [4.69, 9.17) is 9.26 Å². The summed E-state index contributed by atoms with van der Waals surface area (Å²) in [6.45, 7) is 3.10. The minimum atomic E-state index is -0.275. The highest BCUT2D eigenvalue weighted by molar-refractivity contribution is 5.87. The number of nitrogens with zero attached hydrogens (tertiary/aromatic N) is 3. The van der Waals surface area contributed by atoms with E-state index in [1.54, 1.807) is 6.92 Å². The Bertz CT molecular complexity index is 571. The lowest BCUT2D eigenvalue weighted by Gasteiger charge is -2.39. The summed E-state index contributed by atoms with van der Waals surface area (Å²) in [6.07, 6.45) is 3.35. The second kappa shape index (κ2) is 6.06. The van der Waals surface area contributed by atoms with E-state index in [1.807, 2.05) is 4.90 Å². The number of piperidine rings is 1. The summed E-state index contributed by atoms with van der Waals surface area (Å²) >= 11 is 0. The van der Waals surface area contributed by atoms with Crippen molar-refractivity contribution in [2.24, 2.45) is 11.8 Å². The molecule has 1 saturated carbocycles. The van der Waals surface area contributed by atoms with E-state index in [0.717, 1.165) is 32.2 Å². The van der Waals surface area contributed by atoms with Crippen LogP contribution in [0.3, 0.4) is 0 Å². The lowest BCUT2D eigenvalue weighted by molar-refractivity contribution is -0.159. The molecule has 1 amide bonds. The first kappa shape index (κ1) is 15.0. The van der Waals surface area contributed by atoms with Gasteiger partial charge in [-0.15, -0.1) is 0 Å². The fourth-order valence-corrected chi connectivity index (χ4v) is 3.32. The van der Waals surface area contributed by atoms with Crippen molar-refractivity contribution < 1.29 is 18.8 Å². The normalized spacial score (nSPS) is 28.1. The molecule has 3 rings (SSSR count). The first-order chi connectivity index (χ1) is 10.6. The monoisotopic (exact) mass is 307 g/mol. The van der Waals surface area contributed by atoms with Crippen LogP contribution in [0, 0.1) is 18.8 Å². The molecule has 0 radical (unpaired) electrons. The van der Waals surface area contributed by atoms with Gasteiger partial charge in [0.1, 0.15) is 0 Å². The minimum Gasteiger partial charge on any atom is -0.469 e. The van der Waals surface area contributed by atoms with Crippen LogP contribution in [0.25, 0.3) is 0 Å². The van der Waals surface area contributed by atoms with Crippen LogP contribution in [-0.2, 0) is 14.3 Å². The number of hydrogen-bond acceptors (Lipinski definition) is 6. The number of likely N-dealkylation sites (tertiary alicyclic amines) is 1. The Balaban J connectivity index is 1.64. The molecule has 0 unspecified atom stereocenters. The highest BCUT2D eigenvalue weighted by atomic mass is 16.5. The Hall–Kier alpha value is -1.92. The van der Waals surface area contributed by atoms with Gasteiger partial charge in [0.25, 0.3) is 0 Å². The van der Waals surface area contributed by atoms with E-state index in [1.165, 1.54) is 7.11 Å². The molecule has 2 aliphatic rings. The van der Waals surface area contributed by atoms with Crippen molar-refractivity contribution in [1.29, 1.82) is 0 Å². The summed E-state index contributed by atoms with van der Waals surface area (Å²) in [5, 5.41) is 3.82. The molecule has 1 aromatic heterocycles. The van der Waals surface area contributed by atoms with Crippen LogP contribution in [0.4, 0.5) is 0 Å². The van der Waals surface area contributed by atoms with Crippen molar-refractivity contribution in [2.45, 2.75) is 38.5 Å². The average molecular weight is 307 g/mol. The van der Waals surface area contributed by atoms with E-state index >= 15 is 0 Å². The Labute approximate surface area is 129 Å². The number of ether oxygens (including phenoxy) is 1. The molecule has 2 heterocycles. The molecule has 120 valence electrons. The van der Waals surface area contributed by atoms with Crippen molar-refractivity contribution >= 4 is 11.9 Å². The van der Waals surface area contributed by atoms with Gasteiger partial charge in [0.15, 0.2) is 5.82 Å². The molecular weight excluding hydrogens is 286 g/mol. The van der Waals surface area contributed by atoms with Crippen molar-refractivity contribution in [3.05, 3.63) is 11.7 Å². The summed E-state index contributed by atoms with van der Waals surface area (Å²) in [6, 6.07) is 0. The van der Waals surface area contributed by atoms with E-state index < -0.39 is 0 Å². The van der Waals surface area contributed by atoms with Gasteiger partial charge in [-0.2, -0.15) is 4.98 Å². The maximum absolute atomic E-state index is 12.6. The number of esters is 1. The zero-order valence-corrected chi connectivity index (χ0v) is 12.9. The molecule has 1 aliphatic carbocycles. The molecule has 2 fully saturated rings. The first-order valence-electron chi connectivity index (χ1n) is 7.77. The molecule has 3 atom stereocenters. The van der Waals surface area contributed by atoms with E-state index in [2.05, 4.69) is 10.1 Å². The second-order valence-corrected chi connectivity index (χ2v) is 6.12. The third kappa shape index (κ3) is 2.71. The number of methoxy groups -OCH3 is 1. The zero-order valence-electron chi connectivity index (χ0n) is 12.9. The second-order valence-electron chi connectivity index (χ2n) is 6.12. The summed E-state index contributed by atoms with van der Waals surface area (Å²) in [5.41, 5.74) is 0. The summed E-state index contributed by atoms with van der Waals surface area (Å²) in [4.78, 5) is 30.4. The first-order valence-corrected chi connectivity index (χ1v) is 7.77. The number of amides is 1. The van der Waals surface area contributed by atoms with Crippen LogP contribution >= 0.6 is 0 Å². The van der Waals surface area contributed by atoms with Crippen LogP contribution in [0.15, 0.2) is 4.52 Å². The van der Waals surface area contributed by atoms with Crippen molar-refractivity contribution in [2.75, 3.05) is 20.2 Å².